The summed E-state index contributed by atoms with van der Waals surface area (Å²) >= 11 is 3.44. The van der Waals surface area contributed by atoms with Crippen LogP contribution in [0.4, 0.5) is 5.69 Å². The molecule has 0 amide bonds. The highest BCUT2D eigenvalue weighted by Crippen LogP contribution is 2.30. The number of nitrogens with one attached hydrogen (secondary N) is 2. The van der Waals surface area contributed by atoms with E-state index in [0.29, 0.717) is 0 Å². The maximum absolute atomic E-state index is 4.53. The highest BCUT2D eigenvalue weighted by atomic mass is 32.2. The Balaban J connectivity index is 1.80. The molecule has 18 heavy (non-hydrogen) atoms. The molecule has 0 radical (unpaired) electrons. The van der Waals surface area contributed by atoms with Crippen molar-refractivity contribution < 1.29 is 0 Å². The third-order valence-corrected chi connectivity index (χ3v) is 4.71. The fourth-order valence-electron chi connectivity index (χ4n) is 1.77. The molecule has 3 nitrogen and oxygen atoms in total. The number of aromatic nitrogens is 2. The molecule has 0 atom stereocenters. The van der Waals surface area contributed by atoms with E-state index >= 15 is 0 Å². The van der Waals surface area contributed by atoms with Crippen LogP contribution in [0.5, 0.6) is 0 Å². The number of thiazole rings is 1. The third kappa shape index (κ3) is 2.37. The summed E-state index contributed by atoms with van der Waals surface area (Å²) < 4.78 is 2.35. The van der Waals surface area contributed by atoms with Crippen LogP contribution in [0.3, 0.4) is 0 Å². The molecule has 0 aliphatic rings. The summed E-state index contributed by atoms with van der Waals surface area (Å²) in [4.78, 5) is 7.59. The molecule has 0 bridgehead atoms. The van der Waals surface area contributed by atoms with Gasteiger partial charge in [-0.05, 0) is 36.1 Å². The van der Waals surface area contributed by atoms with Crippen LogP contribution in [0, 0.1) is 0 Å². The van der Waals surface area contributed by atoms with Crippen molar-refractivity contribution in [2.75, 3.05) is 11.6 Å². The van der Waals surface area contributed by atoms with Gasteiger partial charge in [-0.2, -0.15) is 0 Å². The number of aromatic amines is 1. The van der Waals surface area contributed by atoms with Gasteiger partial charge in [0.25, 0.3) is 0 Å². The minimum absolute atomic E-state index is 0.837. The number of hydrogen-bond donors (Lipinski definition) is 2. The maximum atomic E-state index is 4.53. The number of benzene rings is 1. The molecular formula is C13H13N3S2. The fraction of sp³-hybridized carbons (Fsp3) is 0.154. The van der Waals surface area contributed by atoms with Gasteiger partial charge in [0.2, 0.25) is 0 Å². The summed E-state index contributed by atoms with van der Waals surface area (Å²) in [5.74, 6) is 0. The van der Waals surface area contributed by atoms with E-state index in [9.17, 15) is 0 Å². The molecule has 1 aromatic carbocycles. The maximum Gasteiger partial charge on any atom is 0.150 e. The molecule has 3 aromatic rings. The summed E-state index contributed by atoms with van der Waals surface area (Å²) in [6, 6.07) is 8.40. The van der Waals surface area contributed by atoms with Crippen molar-refractivity contribution in [2.24, 2.45) is 0 Å². The van der Waals surface area contributed by atoms with Gasteiger partial charge < -0.3 is 10.3 Å². The Hall–Kier alpha value is -1.46. The Morgan fingerprint density at radius 1 is 1.39 bits per heavy atom. The first kappa shape index (κ1) is 11.6. The van der Waals surface area contributed by atoms with Crippen molar-refractivity contribution in [3.8, 4) is 0 Å². The van der Waals surface area contributed by atoms with Gasteiger partial charge in [0.15, 0.2) is 4.34 Å². The Morgan fingerprint density at radius 3 is 3.11 bits per heavy atom. The van der Waals surface area contributed by atoms with Gasteiger partial charge in [0, 0.05) is 24.6 Å². The molecular weight excluding hydrogens is 262 g/mol. The second-order valence-electron chi connectivity index (χ2n) is 3.94. The number of fused-ring (bicyclic) bond motifs is 1. The number of nitrogens with zero attached hydrogens (tertiary/aromatic N) is 1. The predicted octanol–water partition coefficient (Wildman–Crippen LogP) is 3.96. The van der Waals surface area contributed by atoms with Crippen LogP contribution in [0.2, 0.25) is 0 Å². The van der Waals surface area contributed by atoms with E-state index in [1.54, 1.807) is 23.1 Å². The standard InChI is InChI=1S/C13H13N3S2/c1-17-13-16-11-3-2-10(6-12(11)18-13)15-8-9-4-5-14-7-9/h2-7,14-15H,8H2,1H3. The zero-order chi connectivity index (χ0) is 12.4. The quantitative estimate of drug-likeness (QED) is 0.708. The van der Waals surface area contributed by atoms with Crippen molar-refractivity contribution in [1.29, 1.82) is 0 Å². The summed E-state index contributed by atoms with van der Waals surface area (Å²) in [5.41, 5.74) is 3.47. The normalized spacial score (nSPS) is 10.9. The number of rotatable bonds is 4. The monoisotopic (exact) mass is 275 g/mol. The molecule has 0 fully saturated rings. The molecule has 0 unspecified atom stereocenters. The van der Waals surface area contributed by atoms with Crippen molar-refractivity contribution in [1.82, 2.24) is 9.97 Å². The zero-order valence-electron chi connectivity index (χ0n) is 9.93. The SMILES string of the molecule is CSc1nc2ccc(NCc3cc[nH]c3)cc2s1. The van der Waals surface area contributed by atoms with Crippen LogP contribution in [-0.4, -0.2) is 16.2 Å². The topological polar surface area (TPSA) is 40.7 Å². The van der Waals surface area contributed by atoms with Crippen LogP contribution < -0.4 is 5.32 Å². The van der Waals surface area contributed by atoms with Crippen LogP contribution in [0.1, 0.15) is 5.56 Å². The molecule has 92 valence electrons. The van der Waals surface area contributed by atoms with E-state index in [4.69, 9.17) is 0 Å². The average molecular weight is 275 g/mol. The Morgan fingerprint density at radius 2 is 2.33 bits per heavy atom. The summed E-state index contributed by atoms with van der Waals surface area (Å²) in [5, 5.41) is 3.42. The lowest BCUT2D eigenvalue weighted by molar-refractivity contribution is 1.15. The molecule has 5 heteroatoms. The molecule has 0 aliphatic heterocycles. The number of H-pyrrole nitrogens is 1. The Kier molecular flexibility index (Phi) is 3.25. The van der Waals surface area contributed by atoms with Crippen molar-refractivity contribution in [3.05, 3.63) is 42.2 Å². The first-order chi connectivity index (χ1) is 8.85. The zero-order valence-corrected chi connectivity index (χ0v) is 11.6. The van der Waals surface area contributed by atoms with Gasteiger partial charge in [-0.15, -0.1) is 11.3 Å². The van der Waals surface area contributed by atoms with Crippen molar-refractivity contribution in [2.45, 2.75) is 10.9 Å². The summed E-state index contributed by atoms with van der Waals surface area (Å²) in [6.45, 7) is 0.837. The first-order valence-electron chi connectivity index (χ1n) is 5.65. The lowest BCUT2D eigenvalue weighted by Gasteiger charge is -2.04. The Bertz CT molecular complexity index is 643. The Labute approximate surface area is 114 Å². The van der Waals surface area contributed by atoms with E-state index < -0.39 is 0 Å². The lowest BCUT2D eigenvalue weighted by Crippen LogP contribution is -1.97. The second kappa shape index (κ2) is 5.04. The third-order valence-electron chi connectivity index (χ3n) is 2.70. The molecule has 2 heterocycles. The number of anilines is 1. The highest BCUT2D eigenvalue weighted by molar-refractivity contribution is 8.00. The van der Waals surface area contributed by atoms with Crippen LogP contribution in [-0.2, 0) is 6.54 Å². The van der Waals surface area contributed by atoms with Crippen LogP contribution in [0.15, 0.2) is 41.0 Å². The molecule has 0 aliphatic carbocycles. The lowest BCUT2D eigenvalue weighted by atomic mass is 10.3. The van der Waals surface area contributed by atoms with Gasteiger partial charge in [0.05, 0.1) is 10.2 Å². The molecule has 2 aromatic heterocycles. The molecule has 0 saturated carbocycles. The van der Waals surface area contributed by atoms with Gasteiger partial charge >= 0.3 is 0 Å². The van der Waals surface area contributed by atoms with E-state index in [1.807, 2.05) is 12.4 Å². The van der Waals surface area contributed by atoms with Gasteiger partial charge in [0.1, 0.15) is 0 Å². The van der Waals surface area contributed by atoms with Crippen molar-refractivity contribution in [3.63, 3.8) is 0 Å². The average Bonchev–Trinajstić information content (AvgIpc) is 3.04. The molecule has 0 saturated heterocycles. The minimum Gasteiger partial charge on any atom is -0.381 e. The summed E-state index contributed by atoms with van der Waals surface area (Å²) in [7, 11) is 0. The van der Waals surface area contributed by atoms with Gasteiger partial charge in [-0.3, -0.25) is 0 Å². The minimum atomic E-state index is 0.837. The fourth-order valence-corrected chi connectivity index (χ4v) is 3.30. The van der Waals surface area contributed by atoms with E-state index in [-0.39, 0.29) is 0 Å². The predicted molar refractivity (Wildman–Crippen MR) is 79.5 cm³/mol. The molecule has 0 spiro atoms. The largest absolute Gasteiger partial charge is 0.381 e. The first-order valence-corrected chi connectivity index (χ1v) is 7.69. The van der Waals surface area contributed by atoms with Crippen LogP contribution >= 0.6 is 23.1 Å². The summed E-state index contributed by atoms with van der Waals surface area (Å²) in [6.07, 6.45) is 6.00. The van der Waals surface area contributed by atoms with E-state index in [0.717, 1.165) is 22.1 Å². The number of hydrogen-bond acceptors (Lipinski definition) is 4. The van der Waals surface area contributed by atoms with E-state index in [1.165, 1.54) is 10.3 Å². The molecule has 2 N–H and O–H groups in total. The number of thioether (sulfide) groups is 1. The van der Waals surface area contributed by atoms with Gasteiger partial charge in [-0.25, -0.2) is 4.98 Å². The van der Waals surface area contributed by atoms with E-state index in [2.05, 4.69) is 45.8 Å². The molecule has 3 rings (SSSR count). The smallest absolute Gasteiger partial charge is 0.150 e. The van der Waals surface area contributed by atoms with Gasteiger partial charge in [-0.1, -0.05) is 11.8 Å². The second-order valence-corrected chi connectivity index (χ2v) is 6.02. The van der Waals surface area contributed by atoms with Crippen molar-refractivity contribution >= 4 is 39.0 Å². The highest BCUT2D eigenvalue weighted by Gasteiger charge is 2.03. The van der Waals surface area contributed by atoms with Crippen LogP contribution in [0.25, 0.3) is 10.2 Å².